The lowest BCUT2D eigenvalue weighted by molar-refractivity contribution is 0.285. The quantitative estimate of drug-likeness (QED) is 0.860. The number of anilines is 1. The third kappa shape index (κ3) is 2.67. The second kappa shape index (κ2) is 5.28. The molecular formula is C13H20N2O2S. The molecule has 1 aromatic carbocycles. The summed E-state index contributed by atoms with van der Waals surface area (Å²) >= 11 is 0. The van der Waals surface area contributed by atoms with Gasteiger partial charge in [-0.2, -0.15) is 0 Å². The Bertz CT molecular complexity index is 509. The van der Waals surface area contributed by atoms with Gasteiger partial charge in [-0.25, -0.2) is 13.1 Å². The number of rotatable bonds is 5. The standard InChI is InChI=1S/C13H20N2O2S/c1-10(11-6-5-7-11)15-12-8-3-4-9-13(12)18(16,17)14-2/h3-4,8-11,14-15H,5-7H2,1-2H3. The molecule has 2 N–H and O–H groups in total. The molecule has 0 saturated heterocycles. The molecule has 1 aromatic rings. The summed E-state index contributed by atoms with van der Waals surface area (Å²) in [5, 5.41) is 3.33. The van der Waals surface area contributed by atoms with Crippen LogP contribution in [-0.4, -0.2) is 21.5 Å². The smallest absolute Gasteiger partial charge is 0.242 e. The van der Waals surface area contributed by atoms with Crippen LogP contribution in [0.3, 0.4) is 0 Å². The highest BCUT2D eigenvalue weighted by atomic mass is 32.2. The molecule has 0 heterocycles. The van der Waals surface area contributed by atoms with Gasteiger partial charge in [-0.3, -0.25) is 0 Å². The van der Waals surface area contributed by atoms with Gasteiger partial charge < -0.3 is 5.32 Å². The summed E-state index contributed by atoms with van der Waals surface area (Å²) in [6.45, 7) is 2.12. The maximum Gasteiger partial charge on any atom is 0.242 e. The lowest BCUT2D eigenvalue weighted by Crippen LogP contribution is -2.31. The molecule has 1 saturated carbocycles. The zero-order valence-corrected chi connectivity index (χ0v) is 11.6. The van der Waals surface area contributed by atoms with E-state index in [1.807, 2.05) is 12.1 Å². The molecule has 0 radical (unpaired) electrons. The predicted octanol–water partition coefficient (Wildman–Crippen LogP) is 2.20. The largest absolute Gasteiger partial charge is 0.381 e. The first-order valence-electron chi connectivity index (χ1n) is 6.33. The van der Waals surface area contributed by atoms with E-state index in [2.05, 4.69) is 17.0 Å². The van der Waals surface area contributed by atoms with Crippen LogP contribution in [0.15, 0.2) is 29.2 Å². The number of nitrogens with one attached hydrogen (secondary N) is 2. The third-order valence-corrected chi connectivity index (χ3v) is 5.16. The highest BCUT2D eigenvalue weighted by Gasteiger charge is 2.25. The highest BCUT2D eigenvalue weighted by molar-refractivity contribution is 7.89. The molecule has 1 unspecified atom stereocenters. The number of para-hydroxylation sites is 1. The van der Waals surface area contributed by atoms with Crippen LogP contribution in [0, 0.1) is 5.92 Å². The molecule has 18 heavy (non-hydrogen) atoms. The molecule has 0 aliphatic heterocycles. The topological polar surface area (TPSA) is 58.2 Å². The van der Waals surface area contributed by atoms with Crippen LogP contribution in [0.25, 0.3) is 0 Å². The Balaban J connectivity index is 2.22. The zero-order valence-electron chi connectivity index (χ0n) is 10.8. The molecule has 1 aliphatic rings. The minimum Gasteiger partial charge on any atom is -0.381 e. The fourth-order valence-electron chi connectivity index (χ4n) is 2.23. The first kappa shape index (κ1) is 13.4. The van der Waals surface area contributed by atoms with Crippen molar-refractivity contribution < 1.29 is 8.42 Å². The van der Waals surface area contributed by atoms with Gasteiger partial charge in [0.1, 0.15) is 4.90 Å². The van der Waals surface area contributed by atoms with E-state index in [9.17, 15) is 8.42 Å². The van der Waals surface area contributed by atoms with Crippen LogP contribution >= 0.6 is 0 Å². The second-order valence-corrected chi connectivity index (χ2v) is 6.68. The summed E-state index contributed by atoms with van der Waals surface area (Å²) in [4.78, 5) is 0.318. The van der Waals surface area contributed by atoms with Crippen LogP contribution in [0.5, 0.6) is 0 Å². The van der Waals surface area contributed by atoms with E-state index in [0.717, 1.165) is 0 Å². The van der Waals surface area contributed by atoms with E-state index < -0.39 is 10.0 Å². The van der Waals surface area contributed by atoms with E-state index in [1.165, 1.54) is 26.3 Å². The fraction of sp³-hybridized carbons (Fsp3) is 0.538. The summed E-state index contributed by atoms with van der Waals surface area (Å²) in [7, 11) is -1.97. The van der Waals surface area contributed by atoms with Crippen molar-refractivity contribution in [1.82, 2.24) is 4.72 Å². The van der Waals surface area contributed by atoms with Crippen LogP contribution < -0.4 is 10.0 Å². The Morgan fingerprint density at radius 3 is 2.50 bits per heavy atom. The van der Waals surface area contributed by atoms with Crippen molar-refractivity contribution in [3.05, 3.63) is 24.3 Å². The number of hydrogen-bond acceptors (Lipinski definition) is 3. The van der Waals surface area contributed by atoms with Crippen LogP contribution in [-0.2, 0) is 10.0 Å². The Labute approximate surface area is 109 Å². The first-order chi connectivity index (χ1) is 8.54. The summed E-state index contributed by atoms with van der Waals surface area (Å²) < 4.78 is 26.2. The molecular weight excluding hydrogens is 248 g/mol. The minimum absolute atomic E-state index is 0.312. The summed E-state index contributed by atoms with van der Waals surface area (Å²) in [5.74, 6) is 0.662. The molecule has 0 bridgehead atoms. The molecule has 5 heteroatoms. The Morgan fingerprint density at radius 2 is 1.94 bits per heavy atom. The Hall–Kier alpha value is -1.07. The van der Waals surface area contributed by atoms with E-state index in [-0.39, 0.29) is 0 Å². The van der Waals surface area contributed by atoms with Gasteiger partial charge in [0.15, 0.2) is 0 Å². The first-order valence-corrected chi connectivity index (χ1v) is 7.82. The van der Waals surface area contributed by atoms with Gasteiger partial charge >= 0.3 is 0 Å². The van der Waals surface area contributed by atoms with Gasteiger partial charge in [-0.15, -0.1) is 0 Å². The maximum atomic E-state index is 11.9. The van der Waals surface area contributed by atoms with Crippen LogP contribution in [0.4, 0.5) is 5.69 Å². The van der Waals surface area contributed by atoms with Crippen molar-refractivity contribution in [3.63, 3.8) is 0 Å². The summed E-state index contributed by atoms with van der Waals surface area (Å²) in [6, 6.07) is 7.35. The average molecular weight is 268 g/mol. The molecule has 0 aromatic heterocycles. The summed E-state index contributed by atoms with van der Waals surface area (Å²) in [6.07, 6.45) is 3.75. The second-order valence-electron chi connectivity index (χ2n) is 4.83. The lowest BCUT2D eigenvalue weighted by atomic mass is 9.80. The summed E-state index contributed by atoms with van der Waals surface area (Å²) in [5.41, 5.74) is 0.686. The van der Waals surface area contributed by atoms with Gasteiger partial charge in [0.2, 0.25) is 10.0 Å². The van der Waals surface area contributed by atoms with Crippen molar-refractivity contribution >= 4 is 15.7 Å². The van der Waals surface area contributed by atoms with Gasteiger partial charge in [0.05, 0.1) is 5.69 Å². The van der Waals surface area contributed by atoms with Crippen LogP contribution in [0.1, 0.15) is 26.2 Å². The molecule has 1 atom stereocenters. The highest BCUT2D eigenvalue weighted by Crippen LogP contribution is 2.32. The van der Waals surface area contributed by atoms with Crippen molar-refractivity contribution in [2.75, 3.05) is 12.4 Å². The number of sulfonamides is 1. The van der Waals surface area contributed by atoms with E-state index in [1.54, 1.807) is 12.1 Å². The molecule has 100 valence electrons. The molecule has 1 fully saturated rings. The van der Waals surface area contributed by atoms with Gasteiger partial charge in [-0.05, 0) is 44.9 Å². The van der Waals surface area contributed by atoms with Gasteiger partial charge in [0.25, 0.3) is 0 Å². The van der Waals surface area contributed by atoms with Gasteiger partial charge in [-0.1, -0.05) is 18.6 Å². The lowest BCUT2D eigenvalue weighted by Gasteiger charge is -2.33. The number of hydrogen-bond donors (Lipinski definition) is 2. The predicted molar refractivity (Wildman–Crippen MR) is 73.1 cm³/mol. The number of benzene rings is 1. The molecule has 0 amide bonds. The zero-order chi connectivity index (χ0) is 13.2. The normalized spacial score (nSPS) is 18.1. The van der Waals surface area contributed by atoms with E-state index >= 15 is 0 Å². The van der Waals surface area contributed by atoms with Crippen molar-refractivity contribution in [2.45, 2.75) is 37.1 Å². The Kier molecular flexibility index (Phi) is 3.92. The maximum absolute atomic E-state index is 11.9. The molecule has 4 nitrogen and oxygen atoms in total. The SMILES string of the molecule is CNS(=O)(=O)c1ccccc1NC(C)C1CCC1. The fourth-order valence-corrected chi connectivity index (χ4v) is 3.13. The van der Waals surface area contributed by atoms with Crippen LogP contribution in [0.2, 0.25) is 0 Å². The average Bonchev–Trinajstić information content (AvgIpc) is 2.27. The van der Waals surface area contributed by atoms with E-state index in [0.29, 0.717) is 22.5 Å². The molecule has 2 rings (SSSR count). The van der Waals surface area contributed by atoms with Gasteiger partial charge in [0, 0.05) is 6.04 Å². The van der Waals surface area contributed by atoms with Crippen molar-refractivity contribution in [1.29, 1.82) is 0 Å². The monoisotopic (exact) mass is 268 g/mol. The van der Waals surface area contributed by atoms with Crippen molar-refractivity contribution in [2.24, 2.45) is 5.92 Å². The van der Waals surface area contributed by atoms with Crippen molar-refractivity contribution in [3.8, 4) is 0 Å². The van der Waals surface area contributed by atoms with E-state index in [4.69, 9.17) is 0 Å². The Morgan fingerprint density at radius 1 is 1.28 bits per heavy atom. The molecule has 0 spiro atoms. The molecule has 1 aliphatic carbocycles. The minimum atomic E-state index is -3.40. The third-order valence-electron chi connectivity index (χ3n) is 3.69.